The van der Waals surface area contributed by atoms with Crippen molar-refractivity contribution in [3.63, 3.8) is 0 Å². The second-order valence-electron chi connectivity index (χ2n) is 2.23. The Bertz CT molecular complexity index is 86.2. The predicted molar refractivity (Wildman–Crippen MR) is 52.0 cm³/mol. The molecule has 0 rings (SSSR count). The summed E-state index contributed by atoms with van der Waals surface area (Å²) in [6.07, 6.45) is 1.14. The van der Waals surface area contributed by atoms with E-state index in [1.807, 2.05) is 0 Å². The molecule has 0 amide bonds. The third-order valence-electron chi connectivity index (χ3n) is 1.59. The van der Waals surface area contributed by atoms with E-state index < -0.39 is 0 Å². The van der Waals surface area contributed by atoms with Gasteiger partial charge in [0, 0.05) is 25.9 Å². The smallest absolute Gasteiger partial charge is 0.103 e. The van der Waals surface area contributed by atoms with E-state index >= 15 is 0 Å². The molecule has 0 radical (unpaired) electrons. The topological polar surface area (TPSA) is 12.5 Å². The quantitative estimate of drug-likeness (QED) is 0.578. The average Bonchev–Trinajstić information content (AvgIpc) is 2.05. The average molecular weight is 177 g/mol. The molecule has 0 saturated heterocycles. The lowest BCUT2D eigenvalue weighted by molar-refractivity contribution is 0.330. The zero-order chi connectivity index (χ0) is 8.69. The van der Waals surface area contributed by atoms with E-state index in [2.05, 4.69) is 32.4 Å². The van der Waals surface area contributed by atoms with Crippen LogP contribution in [-0.4, -0.2) is 30.5 Å². The molecule has 0 aliphatic heterocycles. The Kier molecular flexibility index (Phi) is 7.25. The van der Waals surface area contributed by atoms with Crippen molar-refractivity contribution in [2.75, 3.05) is 25.9 Å². The van der Waals surface area contributed by atoms with E-state index in [4.69, 9.17) is 4.52 Å². The number of hydrogen-bond acceptors (Lipinski definition) is 2. The normalized spacial score (nSPS) is 13.9. The highest BCUT2D eigenvalue weighted by Gasteiger charge is 2.12. The standard InChI is InChI=1S/C8H20NOP/c1-5-9(6-2)11(8-4)10-7-3/h5-8H2,1-4H3. The highest BCUT2D eigenvalue weighted by molar-refractivity contribution is 7.49. The monoisotopic (exact) mass is 177 g/mol. The van der Waals surface area contributed by atoms with Crippen LogP contribution in [0.1, 0.15) is 27.7 Å². The van der Waals surface area contributed by atoms with Crippen LogP contribution >= 0.6 is 8.30 Å². The lowest BCUT2D eigenvalue weighted by Gasteiger charge is -2.27. The molecule has 0 fully saturated rings. The van der Waals surface area contributed by atoms with E-state index in [0.29, 0.717) is 0 Å². The minimum atomic E-state index is -0.289. The maximum absolute atomic E-state index is 5.63. The molecule has 0 aliphatic rings. The maximum atomic E-state index is 5.63. The molecule has 0 spiro atoms. The van der Waals surface area contributed by atoms with Gasteiger partial charge in [0.25, 0.3) is 0 Å². The Morgan fingerprint density at radius 3 is 1.91 bits per heavy atom. The Hall–Kier alpha value is 0.350. The lowest BCUT2D eigenvalue weighted by atomic mass is 10.7. The minimum Gasteiger partial charge on any atom is -0.344 e. The first-order valence-electron chi connectivity index (χ1n) is 4.45. The zero-order valence-electron chi connectivity index (χ0n) is 8.13. The summed E-state index contributed by atoms with van der Waals surface area (Å²) < 4.78 is 8.03. The van der Waals surface area contributed by atoms with Gasteiger partial charge in [-0.25, -0.2) is 0 Å². The number of nitrogens with zero attached hydrogens (tertiary/aromatic N) is 1. The fourth-order valence-electron chi connectivity index (χ4n) is 1.06. The van der Waals surface area contributed by atoms with Gasteiger partial charge in [0.1, 0.15) is 8.30 Å². The molecule has 0 saturated carbocycles. The highest BCUT2D eigenvalue weighted by Crippen LogP contribution is 2.39. The van der Waals surface area contributed by atoms with Crippen molar-refractivity contribution >= 4 is 8.30 Å². The Labute approximate surface area is 71.8 Å². The van der Waals surface area contributed by atoms with Crippen LogP contribution in [0.15, 0.2) is 0 Å². The molecule has 0 aromatic carbocycles. The molecule has 0 aromatic heterocycles. The number of rotatable bonds is 6. The van der Waals surface area contributed by atoms with Gasteiger partial charge in [-0.05, 0) is 6.92 Å². The second kappa shape index (κ2) is 7.02. The Morgan fingerprint density at radius 2 is 1.64 bits per heavy atom. The van der Waals surface area contributed by atoms with Gasteiger partial charge in [0.15, 0.2) is 0 Å². The van der Waals surface area contributed by atoms with Gasteiger partial charge in [-0.15, -0.1) is 0 Å². The van der Waals surface area contributed by atoms with Gasteiger partial charge in [0.2, 0.25) is 0 Å². The van der Waals surface area contributed by atoms with Crippen LogP contribution < -0.4 is 0 Å². The molecule has 0 aliphatic carbocycles. The summed E-state index contributed by atoms with van der Waals surface area (Å²) in [7, 11) is -0.289. The molecule has 0 heterocycles. The molecule has 0 aromatic rings. The predicted octanol–water partition coefficient (Wildman–Crippen LogP) is 2.70. The van der Waals surface area contributed by atoms with E-state index in [9.17, 15) is 0 Å². The molecule has 2 nitrogen and oxygen atoms in total. The third kappa shape index (κ3) is 4.05. The van der Waals surface area contributed by atoms with Crippen LogP contribution in [0.5, 0.6) is 0 Å². The van der Waals surface area contributed by atoms with E-state index in [0.717, 1.165) is 25.9 Å². The van der Waals surface area contributed by atoms with Crippen molar-refractivity contribution in [2.45, 2.75) is 27.7 Å². The summed E-state index contributed by atoms with van der Waals surface area (Å²) in [5, 5.41) is 0. The number of hydrogen-bond donors (Lipinski definition) is 0. The summed E-state index contributed by atoms with van der Waals surface area (Å²) in [5.74, 6) is 0. The van der Waals surface area contributed by atoms with Crippen molar-refractivity contribution in [3.8, 4) is 0 Å². The minimum absolute atomic E-state index is 0.289. The molecule has 0 N–H and O–H groups in total. The van der Waals surface area contributed by atoms with Gasteiger partial charge >= 0.3 is 0 Å². The molecule has 3 heteroatoms. The first kappa shape index (κ1) is 11.4. The maximum Gasteiger partial charge on any atom is 0.103 e. The fraction of sp³-hybridized carbons (Fsp3) is 1.00. The molecule has 0 bridgehead atoms. The Balaban J connectivity index is 3.76. The summed E-state index contributed by atoms with van der Waals surface area (Å²) >= 11 is 0. The first-order chi connectivity index (χ1) is 5.29. The van der Waals surface area contributed by atoms with Crippen LogP contribution in [0.25, 0.3) is 0 Å². The molecular weight excluding hydrogens is 157 g/mol. The summed E-state index contributed by atoms with van der Waals surface area (Å²) in [5.41, 5.74) is 0. The summed E-state index contributed by atoms with van der Waals surface area (Å²) in [4.78, 5) is 0. The van der Waals surface area contributed by atoms with E-state index in [1.54, 1.807) is 0 Å². The Morgan fingerprint density at radius 1 is 1.09 bits per heavy atom. The second-order valence-corrected chi connectivity index (χ2v) is 4.39. The van der Waals surface area contributed by atoms with Crippen molar-refractivity contribution in [1.29, 1.82) is 0 Å². The molecule has 11 heavy (non-hydrogen) atoms. The lowest BCUT2D eigenvalue weighted by Crippen LogP contribution is -2.18. The van der Waals surface area contributed by atoms with Crippen molar-refractivity contribution in [3.05, 3.63) is 0 Å². The molecule has 68 valence electrons. The van der Waals surface area contributed by atoms with Gasteiger partial charge in [-0.1, -0.05) is 20.8 Å². The van der Waals surface area contributed by atoms with E-state index in [-0.39, 0.29) is 8.30 Å². The summed E-state index contributed by atoms with van der Waals surface area (Å²) in [6, 6.07) is 0. The van der Waals surface area contributed by atoms with Gasteiger partial charge in [-0.3, -0.25) is 4.67 Å². The summed E-state index contributed by atoms with van der Waals surface area (Å²) in [6.45, 7) is 11.7. The molecule has 1 unspecified atom stereocenters. The van der Waals surface area contributed by atoms with Gasteiger partial charge in [-0.2, -0.15) is 0 Å². The largest absolute Gasteiger partial charge is 0.344 e. The van der Waals surface area contributed by atoms with Crippen LogP contribution in [0.2, 0.25) is 0 Å². The third-order valence-corrected chi connectivity index (χ3v) is 3.89. The highest BCUT2D eigenvalue weighted by atomic mass is 31.2. The van der Waals surface area contributed by atoms with Crippen molar-refractivity contribution < 1.29 is 4.52 Å². The fourth-order valence-corrected chi connectivity index (χ4v) is 2.74. The first-order valence-corrected chi connectivity index (χ1v) is 5.85. The van der Waals surface area contributed by atoms with Crippen molar-refractivity contribution in [1.82, 2.24) is 4.67 Å². The SMILES string of the molecule is CCOP(CC)N(CC)CC. The van der Waals surface area contributed by atoms with E-state index in [1.165, 1.54) is 0 Å². The molecular formula is C8H20NOP. The van der Waals surface area contributed by atoms with Crippen LogP contribution in [-0.2, 0) is 4.52 Å². The van der Waals surface area contributed by atoms with Crippen LogP contribution in [0, 0.1) is 0 Å². The van der Waals surface area contributed by atoms with Crippen LogP contribution in [0.3, 0.4) is 0 Å². The zero-order valence-corrected chi connectivity index (χ0v) is 9.03. The van der Waals surface area contributed by atoms with Crippen LogP contribution in [0.4, 0.5) is 0 Å². The molecule has 1 atom stereocenters. The van der Waals surface area contributed by atoms with Crippen molar-refractivity contribution in [2.24, 2.45) is 0 Å². The van der Waals surface area contributed by atoms with Gasteiger partial charge in [0.05, 0.1) is 0 Å². The van der Waals surface area contributed by atoms with Gasteiger partial charge < -0.3 is 4.52 Å².